The number of nitrogens with one attached hydrogen (secondary N) is 6. The molecule has 0 saturated carbocycles. The van der Waals surface area contributed by atoms with Crippen molar-refractivity contribution in [2.45, 2.75) is 50.0 Å². The van der Waals surface area contributed by atoms with Crippen LogP contribution in [0.2, 0.25) is 0 Å². The fourth-order valence-corrected chi connectivity index (χ4v) is 6.56. The number of benzene rings is 1. The van der Waals surface area contributed by atoms with Crippen LogP contribution < -0.4 is 21.3 Å². The number of rotatable bonds is 5. The van der Waals surface area contributed by atoms with E-state index in [0.717, 1.165) is 29.9 Å². The molecule has 3 saturated heterocycles. The maximum atomic E-state index is 13.4. The highest BCUT2D eigenvalue weighted by Gasteiger charge is 2.69. The number of guanidine groups is 2. The van der Waals surface area contributed by atoms with Crippen LogP contribution in [0, 0.1) is 16.7 Å². The lowest BCUT2D eigenvalue weighted by atomic mass is 9.81. The van der Waals surface area contributed by atoms with Crippen molar-refractivity contribution in [3.8, 4) is 0 Å². The van der Waals surface area contributed by atoms with Crippen LogP contribution in [-0.2, 0) is 12.8 Å². The Labute approximate surface area is 219 Å². The molecule has 0 bridgehead atoms. The minimum absolute atomic E-state index is 0.0414. The SMILES string of the molecule is CC1C(NC(=O)c2cccc3c2CCC3)CN2C(=N)NC(CNC(=O)c3cnccn3)C3NC(=N)N(O)[C@@]132. The van der Waals surface area contributed by atoms with E-state index in [1.54, 1.807) is 4.90 Å². The van der Waals surface area contributed by atoms with Crippen LogP contribution in [0.3, 0.4) is 0 Å². The van der Waals surface area contributed by atoms with Crippen LogP contribution in [0.5, 0.6) is 0 Å². The zero-order valence-corrected chi connectivity index (χ0v) is 20.9. The predicted molar refractivity (Wildman–Crippen MR) is 136 cm³/mol. The quantitative estimate of drug-likeness (QED) is 0.278. The Bertz CT molecular complexity index is 1320. The number of fused-ring (bicyclic) bond motifs is 1. The van der Waals surface area contributed by atoms with Gasteiger partial charge in [0.15, 0.2) is 11.6 Å². The lowest BCUT2D eigenvalue weighted by Gasteiger charge is -2.51. The second kappa shape index (κ2) is 8.94. The number of carbonyl (C=O) groups excluding carboxylic acids is 2. The Hall–Kier alpha value is -4.26. The Balaban J connectivity index is 1.25. The summed E-state index contributed by atoms with van der Waals surface area (Å²) >= 11 is 0. The lowest BCUT2D eigenvalue weighted by Crippen LogP contribution is -2.76. The highest BCUT2D eigenvalue weighted by atomic mass is 16.5. The van der Waals surface area contributed by atoms with Crippen LogP contribution in [0.1, 0.15) is 45.3 Å². The van der Waals surface area contributed by atoms with E-state index in [1.165, 1.54) is 24.2 Å². The standard InChI is InChI=1S/C25H30N10O3/c1-13-19(31-21(36)16-7-3-5-14-4-2-6-15(14)16)12-34-23(26)32-17(20-25(13,34)35(38)24(27)33-20)11-30-22(37)18-10-28-8-9-29-18/h3,5,7-10,13,17,19-20,38H,2,4,6,11-12H2,1H3,(H2,26,32)(H2,27,33)(H,30,37)(H,31,36)/t13?,17?,19?,20?,25-/m0/s1. The van der Waals surface area contributed by atoms with Gasteiger partial charge in [0.25, 0.3) is 11.8 Å². The molecular weight excluding hydrogens is 488 g/mol. The zero-order chi connectivity index (χ0) is 26.6. The molecule has 38 heavy (non-hydrogen) atoms. The molecule has 1 aromatic carbocycles. The van der Waals surface area contributed by atoms with Crippen molar-refractivity contribution in [1.29, 1.82) is 10.8 Å². The van der Waals surface area contributed by atoms with Gasteiger partial charge < -0.3 is 26.2 Å². The van der Waals surface area contributed by atoms with Crippen LogP contribution in [0.4, 0.5) is 0 Å². The van der Waals surface area contributed by atoms with E-state index in [0.29, 0.717) is 5.56 Å². The van der Waals surface area contributed by atoms with E-state index in [9.17, 15) is 14.8 Å². The molecule has 6 rings (SSSR count). The summed E-state index contributed by atoms with van der Waals surface area (Å²) in [7, 11) is 0. The molecule has 2 aromatic rings. The number of nitrogens with zero attached hydrogens (tertiary/aromatic N) is 4. The Morgan fingerprint density at radius 3 is 2.82 bits per heavy atom. The molecule has 0 radical (unpaired) electrons. The summed E-state index contributed by atoms with van der Waals surface area (Å²) < 4.78 is 0. The number of aromatic nitrogens is 2. The fourth-order valence-electron chi connectivity index (χ4n) is 6.56. The van der Waals surface area contributed by atoms with Crippen LogP contribution in [-0.4, -0.2) is 85.7 Å². The molecule has 2 amide bonds. The average molecular weight is 519 g/mol. The van der Waals surface area contributed by atoms with Gasteiger partial charge in [0.1, 0.15) is 5.69 Å². The highest BCUT2D eigenvalue weighted by molar-refractivity contribution is 5.97. The van der Waals surface area contributed by atoms with Crippen molar-refractivity contribution in [1.82, 2.24) is 41.2 Å². The molecule has 1 spiro atoms. The van der Waals surface area contributed by atoms with Gasteiger partial charge in [-0.25, -0.2) is 4.98 Å². The summed E-state index contributed by atoms with van der Waals surface area (Å²) in [4.78, 5) is 35.6. The van der Waals surface area contributed by atoms with Gasteiger partial charge in [-0.2, -0.15) is 5.06 Å². The van der Waals surface area contributed by atoms with Gasteiger partial charge in [0, 0.05) is 37.0 Å². The van der Waals surface area contributed by atoms with Crippen molar-refractivity contribution in [2.24, 2.45) is 5.92 Å². The van der Waals surface area contributed by atoms with Crippen molar-refractivity contribution < 1.29 is 14.8 Å². The molecule has 4 aliphatic rings. The first kappa shape index (κ1) is 24.1. The smallest absolute Gasteiger partial charge is 0.271 e. The van der Waals surface area contributed by atoms with E-state index in [2.05, 4.69) is 37.3 Å². The molecule has 3 aliphatic heterocycles. The summed E-state index contributed by atoms with van der Waals surface area (Å²) in [5, 5.41) is 41.3. The molecular formula is C25H30N10O3. The molecule has 5 atom stereocenters. The minimum atomic E-state index is -1.21. The number of amides is 2. The van der Waals surface area contributed by atoms with Gasteiger partial charge in [-0.1, -0.05) is 19.1 Å². The van der Waals surface area contributed by atoms with Crippen molar-refractivity contribution >= 4 is 23.7 Å². The van der Waals surface area contributed by atoms with E-state index in [4.69, 9.17) is 10.8 Å². The van der Waals surface area contributed by atoms with E-state index < -0.39 is 29.7 Å². The van der Waals surface area contributed by atoms with Crippen LogP contribution in [0.15, 0.2) is 36.8 Å². The first-order valence-corrected chi connectivity index (χ1v) is 12.7. The van der Waals surface area contributed by atoms with Crippen LogP contribution in [0.25, 0.3) is 0 Å². The maximum absolute atomic E-state index is 13.4. The largest absolute Gasteiger partial charge is 0.350 e. The van der Waals surface area contributed by atoms with Gasteiger partial charge in [-0.3, -0.25) is 30.6 Å². The van der Waals surface area contributed by atoms with Crippen molar-refractivity contribution in [2.75, 3.05) is 13.1 Å². The Morgan fingerprint density at radius 2 is 2.03 bits per heavy atom. The monoisotopic (exact) mass is 518 g/mol. The molecule has 13 nitrogen and oxygen atoms in total. The maximum Gasteiger partial charge on any atom is 0.271 e. The first-order chi connectivity index (χ1) is 18.3. The normalized spacial score (nSPS) is 29.2. The molecule has 4 heterocycles. The molecule has 13 heteroatoms. The van der Waals surface area contributed by atoms with E-state index in [-0.39, 0.29) is 42.5 Å². The molecule has 4 unspecified atom stereocenters. The molecule has 7 N–H and O–H groups in total. The second-order valence-corrected chi connectivity index (χ2v) is 10.2. The number of hydrogen-bond acceptors (Lipinski definition) is 7. The Morgan fingerprint density at radius 1 is 1.18 bits per heavy atom. The van der Waals surface area contributed by atoms with Gasteiger partial charge in [0.05, 0.1) is 24.3 Å². The highest BCUT2D eigenvalue weighted by Crippen LogP contribution is 2.45. The summed E-state index contributed by atoms with van der Waals surface area (Å²) in [6.45, 7) is 2.28. The van der Waals surface area contributed by atoms with Gasteiger partial charge in [-0.05, 0) is 36.5 Å². The third-order valence-corrected chi connectivity index (χ3v) is 8.37. The van der Waals surface area contributed by atoms with E-state index in [1.807, 2.05) is 19.1 Å². The fraction of sp³-hybridized carbons (Fsp3) is 0.440. The number of carbonyl (C=O) groups is 2. The lowest BCUT2D eigenvalue weighted by molar-refractivity contribution is -0.166. The molecule has 1 aliphatic carbocycles. The summed E-state index contributed by atoms with van der Waals surface area (Å²) in [6, 6.07) is 4.31. The van der Waals surface area contributed by atoms with Gasteiger partial charge in [0.2, 0.25) is 5.96 Å². The number of aryl methyl sites for hydroxylation is 1. The van der Waals surface area contributed by atoms with Gasteiger partial charge in [-0.15, -0.1) is 0 Å². The summed E-state index contributed by atoms with van der Waals surface area (Å²) in [6.07, 6.45) is 7.15. The first-order valence-electron chi connectivity index (χ1n) is 12.7. The molecule has 1 aromatic heterocycles. The number of hydrogen-bond donors (Lipinski definition) is 7. The third kappa shape index (κ3) is 3.49. The van der Waals surface area contributed by atoms with Gasteiger partial charge >= 0.3 is 0 Å². The topological polar surface area (TPSA) is 182 Å². The van der Waals surface area contributed by atoms with Crippen molar-refractivity contribution in [3.05, 3.63) is 59.2 Å². The third-order valence-electron chi connectivity index (χ3n) is 8.37. The zero-order valence-electron chi connectivity index (χ0n) is 20.9. The van der Waals surface area contributed by atoms with Crippen molar-refractivity contribution in [3.63, 3.8) is 0 Å². The minimum Gasteiger partial charge on any atom is -0.350 e. The Kier molecular flexibility index (Phi) is 5.67. The summed E-state index contributed by atoms with van der Waals surface area (Å²) in [5.41, 5.74) is 1.92. The number of hydroxylamine groups is 2. The predicted octanol–water partition coefficient (Wildman–Crippen LogP) is -0.354. The molecule has 3 fully saturated rings. The average Bonchev–Trinajstić information content (AvgIpc) is 3.59. The molecule has 198 valence electrons. The summed E-state index contributed by atoms with van der Waals surface area (Å²) in [5.74, 6) is -1.14. The van der Waals surface area contributed by atoms with E-state index >= 15 is 0 Å². The second-order valence-electron chi connectivity index (χ2n) is 10.2. The van der Waals surface area contributed by atoms with Crippen LogP contribution >= 0.6 is 0 Å².